The van der Waals surface area contributed by atoms with Gasteiger partial charge in [-0.05, 0) is 55.3 Å². The molecule has 132 valence electrons. The smallest absolute Gasteiger partial charge is 0.258 e. The highest BCUT2D eigenvalue weighted by Gasteiger charge is 2.16. The topological polar surface area (TPSA) is 56.8 Å². The Hall–Kier alpha value is -2.21. The Kier molecular flexibility index (Phi) is 5.48. The van der Waals surface area contributed by atoms with Crippen molar-refractivity contribution in [3.05, 3.63) is 52.0 Å². The summed E-state index contributed by atoms with van der Waals surface area (Å²) in [6, 6.07) is 11.2. The number of benzene rings is 2. The van der Waals surface area contributed by atoms with Gasteiger partial charge in [-0.25, -0.2) is 0 Å². The normalized spacial score (nSPS) is 13.9. The third-order valence-corrected chi connectivity index (χ3v) is 4.83. The molecule has 0 saturated carbocycles. The Bertz CT molecular complexity index is 778. The van der Waals surface area contributed by atoms with E-state index in [0.717, 1.165) is 21.3 Å². The molecule has 1 heterocycles. The second-order valence-corrected chi connectivity index (χ2v) is 6.75. The van der Waals surface area contributed by atoms with Crippen molar-refractivity contribution in [1.82, 2.24) is 5.32 Å². The molecular formula is C19H20BrNO4. The molecule has 1 aliphatic heterocycles. The van der Waals surface area contributed by atoms with Crippen LogP contribution in [0.4, 0.5) is 0 Å². The molecule has 0 saturated heterocycles. The third kappa shape index (κ3) is 4.45. The van der Waals surface area contributed by atoms with Crippen LogP contribution in [0.3, 0.4) is 0 Å². The average molecular weight is 406 g/mol. The van der Waals surface area contributed by atoms with E-state index in [0.29, 0.717) is 24.7 Å². The minimum atomic E-state index is -0.178. The van der Waals surface area contributed by atoms with E-state index >= 15 is 0 Å². The van der Waals surface area contributed by atoms with Crippen molar-refractivity contribution in [1.29, 1.82) is 0 Å². The summed E-state index contributed by atoms with van der Waals surface area (Å²) < 4.78 is 17.7. The Morgan fingerprint density at radius 2 is 1.96 bits per heavy atom. The minimum Gasteiger partial charge on any atom is -0.486 e. The lowest BCUT2D eigenvalue weighted by molar-refractivity contribution is -0.123. The highest BCUT2D eigenvalue weighted by molar-refractivity contribution is 9.10. The summed E-state index contributed by atoms with van der Waals surface area (Å²) in [5.74, 6) is 1.94. The number of halogens is 1. The van der Waals surface area contributed by atoms with Crippen molar-refractivity contribution < 1.29 is 19.0 Å². The lowest BCUT2D eigenvalue weighted by Gasteiger charge is -2.21. The van der Waals surface area contributed by atoms with Crippen LogP contribution in [-0.2, 0) is 4.79 Å². The minimum absolute atomic E-state index is 0.0318. The summed E-state index contributed by atoms with van der Waals surface area (Å²) in [5, 5.41) is 2.93. The van der Waals surface area contributed by atoms with Crippen LogP contribution < -0.4 is 19.5 Å². The van der Waals surface area contributed by atoms with Crippen LogP contribution in [0, 0.1) is 6.92 Å². The second-order valence-electron chi connectivity index (χ2n) is 5.89. The quantitative estimate of drug-likeness (QED) is 0.821. The van der Waals surface area contributed by atoms with Crippen molar-refractivity contribution >= 4 is 21.8 Å². The van der Waals surface area contributed by atoms with Crippen molar-refractivity contribution in [2.75, 3.05) is 19.8 Å². The van der Waals surface area contributed by atoms with Gasteiger partial charge in [0.2, 0.25) is 0 Å². The number of amides is 1. The van der Waals surface area contributed by atoms with E-state index in [4.69, 9.17) is 14.2 Å². The molecule has 5 nitrogen and oxygen atoms in total. The van der Waals surface area contributed by atoms with Crippen molar-refractivity contribution in [2.24, 2.45) is 0 Å². The third-order valence-electron chi connectivity index (χ3n) is 3.94. The van der Waals surface area contributed by atoms with Crippen molar-refractivity contribution in [3.8, 4) is 17.2 Å². The molecule has 1 aliphatic rings. The number of ether oxygens (including phenoxy) is 3. The molecule has 25 heavy (non-hydrogen) atoms. The number of hydrogen-bond acceptors (Lipinski definition) is 4. The highest BCUT2D eigenvalue weighted by Crippen LogP contribution is 2.32. The summed E-state index contributed by atoms with van der Waals surface area (Å²) in [5.41, 5.74) is 2.01. The molecule has 1 amide bonds. The number of hydrogen-bond donors (Lipinski definition) is 1. The fourth-order valence-electron chi connectivity index (χ4n) is 2.55. The van der Waals surface area contributed by atoms with Crippen molar-refractivity contribution in [2.45, 2.75) is 19.9 Å². The summed E-state index contributed by atoms with van der Waals surface area (Å²) >= 11 is 3.44. The van der Waals surface area contributed by atoms with Gasteiger partial charge in [-0.1, -0.05) is 22.0 Å². The zero-order valence-electron chi connectivity index (χ0n) is 14.2. The van der Waals surface area contributed by atoms with Crippen LogP contribution in [0.1, 0.15) is 24.1 Å². The van der Waals surface area contributed by atoms with Gasteiger partial charge in [0, 0.05) is 4.47 Å². The first-order chi connectivity index (χ1) is 12.0. The summed E-state index contributed by atoms with van der Waals surface area (Å²) in [6.45, 7) is 4.97. The molecule has 0 aromatic heterocycles. The van der Waals surface area contributed by atoms with Gasteiger partial charge in [-0.15, -0.1) is 0 Å². The van der Waals surface area contributed by atoms with Crippen LogP contribution >= 0.6 is 15.9 Å². The number of carbonyl (C=O) groups excluding carboxylic acids is 1. The molecular weight excluding hydrogens is 386 g/mol. The van der Waals surface area contributed by atoms with Gasteiger partial charge in [0.15, 0.2) is 18.1 Å². The molecule has 2 aromatic rings. The fourth-order valence-corrected chi connectivity index (χ4v) is 2.80. The fraction of sp³-hybridized carbons (Fsp3) is 0.316. The predicted octanol–water partition coefficient (Wildman–Crippen LogP) is 3.78. The Morgan fingerprint density at radius 3 is 2.72 bits per heavy atom. The molecule has 1 N–H and O–H groups in total. The van der Waals surface area contributed by atoms with Crippen LogP contribution in [0.15, 0.2) is 40.9 Å². The van der Waals surface area contributed by atoms with Crippen LogP contribution in [0.25, 0.3) is 0 Å². The Balaban J connectivity index is 1.56. The number of aryl methyl sites for hydroxylation is 1. The largest absolute Gasteiger partial charge is 0.486 e. The van der Waals surface area contributed by atoms with Gasteiger partial charge in [0.1, 0.15) is 19.0 Å². The van der Waals surface area contributed by atoms with E-state index in [1.807, 2.05) is 50.2 Å². The Morgan fingerprint density at radius 1 is 1.20 bits per heavy atom. The van der Waals surface area contributed by atoms with Crippen LogP contribution in [0.5, 0.6) is 17.2 Å². The molecule has 0 aliphatic carbocycles. The molecule has 1 atom stereocenters. The molecule has 0 unspecified atom stereocenters. The Labute approximate surface area is 155 Å². The molecule has 6 heteroatoms. The van der Waals surface area contributed by atoms with Gasteiger partial charge >= 0.3 is 0 Å². The van der Waals surface area contributed by atoms with Gasteiger partial charge < -0.3 is 19.5 Å². The lowest BCUT2D eigenvalue weighted by atomic mass is 10.1. The lowest BCUT2D eigenvalue weighted by Crippen LogP contribution is -2.31. The van der Waals surface area contributed by atoms with E-state index in [9.17, 15) is 4.79 Å². The first kappa shape index (κ1) is 17.6. The predicted molar refractivity (Wildman–Crippen MR) is 98.4 cm³/mol. The maximum atomic E-state index is 12.1. The average Bonchev–Trinajstić information content (AvgIpc) is 2.62. The summed E-state index contributed by atoms with van der Waals surface area (Å²) in [4.78, 5) is 12.1. The summed E-state index contributed by atoms with van der Waals surface area (Å²) in [7, 11) is 0. The SMILES string of the molecule is Cc1cc(OCC(=O)N[C@H](C)c2ccc3c(c2)OCCO3)ccc1Br. The van der Waals surface area contributed by atoms with Crippen LogP contribution in [0.2, 0.25) is 0 Å². The van der Waals surface area contributed by atoms with Gasteiger partial charge in [-0.3, -0.25) is 4.79 Å². The zero-order valence-corrected chi connectivity index (χ0v) is 15.8. The van der Waals surface area contributed by atoms with Gasteiger partial charge in [0.05, 0.1) is 6.04 Å². The number of nitrogens with one attached hydrogen (secondary N) is 1. The first-order valence-corrected chi connectivity index (χ1v) is 8.90. The maximum Gasteiger partial charge on any atom is 0.258 e. The van der Waals surface area contributed by atoms with Crippen LogP contribution in [-0.4, -0.2) is 25.7 Å². The van der Waals surface area contributed by atoms with Crippen molar-refractivity contribution in [3.63, 3.8) is 0 Å². The number of fused-ring (bicyclic) bond motifs is 1. The molecule has 2 aromatic carbocycles. The number of carbonyl (C=O) groups is 1. The van der Waals surface area contributed by atoms with E-state index in [1.54, 1.807) is 0 Å². The van der Waals surface area contributed by atoms with E-state index < -0.39 is 0 Å². The molecule has 0 spiro atoms. The first-order valence-electron chi connectivity index (χ1n) is 8.11. The molecule has 3 rings (SSSR count). The molecule has 0 bridgehead atoms. The van der Waals surface area contributed by atoms with E-state index in [2.05, 4.69) is 21.2 Å². The standard InChI is InChI=1S/C19H20BrNO4/c1-12-9-15(4-5-16(12)20)25-11-19(22)21-13(2)14-3-6-17-18(10-14)24-8-7-23-17/h3-6,9-10,13H,7-8,11H2,1-2H3,(H,21,22)/t13-/m1/s1. The summed E-state index contributed by atoms with van der Waals surface area (Å²) in [6.07, 6.45) is 0. The molecule has 0 fully saturated rings. The highest BCUT2D eigenvalue weighted by atomic mass is 79.9. The second kappa shape index (κ2) is 7.78. The zero-order chi connectivity index (χ0) is 17.8. The van der Waals surface area contributed by atoms with E-state index in [1.165, 1.54) is 0 Å². The van der Waals surface area contributed by atoms with Gasteiger partial charge in [-0.2, -0.15) is 0 Å². The molecule has 0 radical (unpaired) electrons. The van der Waals surface area contributed by atoms with E-state index in [-0.39, 0.29) is 18.6 Å². The van der Waals surface area contributed by atoms with Gasteiger partial charge in [0.25, 0.3) is 5.91 Å². The maximum absolute atomic E-state index is 12.1. The number of rotatable bonds is 5. The monoisotopic (exact) mass is 405 g/mol.